The molecule has 0 bridgehead atoms. The third kappa shape index (κ3) is 3.58. The van der Waals surface area contributed by atoms with Crippen molar-refractivity contribution >= 4 is 11.0 Å². The number of hydrogen-bond acceptors (Lipinski definition) is 3. The van der Waals surface area contributed by atoms with Gasteiger partial charge in [0.15, 0.2) is 0 Å². The maximum atomic E-state index is 10.1. The fraction of sp³-hybridized carbons (Fsp3) is 0.562. The van der Waals surface area contributed by atoms with E-state index in [0.29, 0.717) is 18.9 Å². The highest BCUT2D eigenvalue weighted by Gasteiger charge is 2.13. The number of fused-ring (bicyclic) bond motifs is 1. The molecule has 1 aromatic carbocycles. The average Bonchev–Trinajstić information content (AvgIpc) is 2.75. The lowest BCUT2D eigenvalue weighted by atomic mass is 10.2. The normalized spacial score (nSPS) is 13.2. The van der Waals surface area contributed by atoms with Gasteiger partial charge in [0.25, 0.3) is 0 Å². The van der Waals surface area contributed by atoms with Gasteiger partial charge in [0.2, 0.25) is 0 Å². The monoisotopic (exact) mass is 275 g/mol. The summed E-state index contributed by atoms with van der Waals surface area (Å²) >= 11 is 0. The fourth-order valence-corrected chi connectivity index (χ4v) is 2.46. The third-order valence-corrected chi connectivity index (χ3v) is 3.40. The van der Waals surface area contributed by atoms with Gasteiger partial charge < -0.3 is 15.0 Å². The van der Waals surface area contributed by atoms with Gasteiger partial charge in [0.05, 0.1) is 17.1 Å². The van der Waals surface area contributed by atoms with E-state index in [1.165, 1.54) is 0 Å². The molecule has 0 fully saturated rings. The zero-order valence-corrected chi connectivity index (χ0v) is 12.6. The highest BCUT2D eigenvalue weighted by atomic mass is 16.3. The van der Waals surface area contributed by atoms with Crippen LogP contribution in [-0.4, -0.2) is 33.9 Å². The summed E-state index contributed by atoms with van der Waals surface area (Å²) < 4.78 is 2.18. The van der Waals surface area contributed by atoms with Gasteiger partial charge in [-0.2, -0.15) is 0 Å². The molecular formula is C16H25N3O. The summed E-state index contributed by atoms with van der Waals surface area (Å²) in [5.74, 6) is 1.56. The maximum absolute atomic E-state index is 10.1. The van der Waals surface area contributed by atoms with Crippen molar-refractivity contribution in [3.05, 3.63) is 30.1 Å². The van der Waals surface area contributed by atoms with E-state index >= 15 is 0 Å². The molecule has 0 aliphatic heterocycles. The van der Waals surface area contributed by atoms with Crippen LogP contribution in [0.4, 0.5) is 0 Å². The Morgan fingerprint density at radius 3 is 2.70 bits per heavy atom. The maximum Gasteiger partial charge on any atom is 0.112 e. The second-order valence-electron chi connectivity index (χ2n) is 5.67. The predicted molar refractivity (Wildman–Crippen MR) is 82.8 cm³/mol. The van der Waals surface area contributed by atoms with E-state index in [2.05, 4.69) is 41.7 Å². The SMILES string of the molecule is CCn1c(CC(O)CNCC(C)C)nc2ccccc21. The Hall–Kier alpha value is -1.39. The minimum Gasteiger partial charge on any atom is -0.391 e. The van der Waals surface area contributed by atoms with Gasteiger partial charge in [-0.25, -0.2) is 4.98 Å². The minimum absolute atomic E-state index is 0.393. The first kappa shape index (κ1) is 15.0. The van der Waals surface area contributed by atoms with Gasteiger partial charge in [0.1, 0.15) is 5.82 Å². The van der Waals surface area contributed by atoms with Crippen molar-refractivity contribution in [3.63, 3.8) is 0 Å². The molecule has 2 rings (SSSR count). The third-order valence-electron chi connectivity index (χ3n) is 3.40. The van der Waals surface area contributed by atoms with Crippen LogP contribution in [0.5, 0.6) is 0 Å². The smallest absolute Gasteiger partial charge is 0.112 e. The average molecular weight is 275 g/mol. The zero-order valence-electron chi connectivity index (χ0n) is 12.6. The van der Waals surface area contributed by atoms with Crippen LogP contribution in [0.25, 0.3) is 11.0 Å². The predicted octanol–water partition coefficient (Wildman–Crippen LogP) is 2.21. The molecule has 4 heteroatoms. The van der Waals surface area contributed by atoms with Crippen molar-refractivity contribution < 1.29 is 5.11 Å². The second kappa shape index (κ2) is 6.86. The number of rotatable bonds is 7. The highest BCUT2D eigenvalue weighted by molar-refractivity contribution is 5.75. The van der Waals surface area contributed by atoms with Gasteiger partial charge >= 0.3 is 0 Å². The molecule has 0 amide bonds. The molecule has 2 aromatic rings. The number of aliphatic hydroxyl groups is 1. The Kier molecular flexibility index (Phi) is 5.15. The largest absolute Gasteiger partial charge is 0.391 e. The Morgan fingerprint density at radius 1 is 1.25 bits per heavy atom. The lowest BCUT2D eigenvalue weighted by Crippen LogP contribution is -2.31. The number of imidazole rings is 1. The number of aromatic nitrogens is 2. The molecule has 1 unspecified atom stereocenters. The van der Waals surface area contributed by atoms with Crippen LogP contribution in [0.2, 0.25) is 0 Å². The number of nitrogens with zero attached hydrogens (tertiary/aromatic N) is 2. The molecule has 4 nitrogen and oxygen atoms in total. The van der Waals surface area contributed by atoms with Gasteiger partial charge in [-0.05, 0) is 31.5 Å². The van der Waals surface area contributed by atoms with Crippen molar-refractivity contribution in [1.29, 1.82) is 0 Å². The first-order valence-corrected chi connectivity index (χ1v) is 7.44. The number of nitrogens with one attached hydrogen (secondary N) is 1. The van der Waals surface area contributed by atoms with Gasteiger partial charge in [-0.1, -0.05) is 26.0 Å². The second-order valence-corrected chi connectivity index (χ2v) is 5.67. The Labute approximate surface area is 120 Å². The van der Waals surface area contributed by atoms with Crippen LogP contribution in [0, 0.1) is 5.92 Å². The van der Waals surface area contributed by atoms with E-state index in [9.17, 15) is 5.11 Å². The van der Waals surface area contributed by atoms with Crippen LogP contribution in [0.3, 0.4) is 0 Å². The standard InChI is InChI=1S/C16H25N3O/c1-4-19-15-8-6-5-7-14(15)18-16(19)9-13(20)11-17-10-12(2)3/h5-8,12-13,17,20H,4,9-11H2,1-3H3. The first-order valence-electron chi connectivity index (χ1n) is 7.44. The lowest BCUT2D eigenvalue weighted by molar-refractivity contribution is 0.167. The quantitative estimate of drug-likeness (QED) is 0.814. The number of benzene rings is 1. The molecular weight excluding hydrogens is 250 g/mol. The molecule has 0 aliphatic carbocycles. The Morgan fingerprint density at radius 2 is 2.00 bits per heavy atom. The van der Waals surface area contributed by atoms with Crippen LogP contribution >= 0.6 is 0 Å². The van der Waals surface area contributed by atoms with Gasteiger partial charge in [-0.15, -0.1) is 0 Å². The summed E-state index contributed by atoms with van der Waals surface area (Å²) in [6, 6.07) is 8.13. The molecule has 1 aromatic heterocycles. The molecule has 110 valence electrons. The molecule has 1 atom stereocenters. The number of hydrogen-bond donors (Lipinski definition) is 2. The molecule has 2 N–H and O–H groups in total. The van der Waals surface area contributed by atoms with Crippen molar-refractivity contribution in [1.82, 2.24) is 14.9 Å². The Balaban J connectivity index is 2.05. The summed E-state index contributed by atoms with van der Waals surface area (Å²) in [6.45, 7) is 8.86. The molecule has 1 heterocycles. The van der Waals surface area contributed by atoms with E-state index in [4.69, 9.17) is 0 Å². The lowest BCUT2D eigenvalue weighted by Gasteiger charge is -2.13. The summed E-state index contributed by atoms with van der Waals surface area (Å²) in [5, 5.41) is 13.4. The Bertz CT molecular complexity index is 548. The molecule has 0 saturated carbocycles. The molecule has 0 saturated heterocycles. The number of para-hydroxylation sites is 2. The van der Waals surface area contributed by atoms with E-state index in [1.54, 1.807) is 0 Å². The summed E-state index contributed by atoms with van der Waals surface area (Å²) in [5.41, 5.74) is 2.15. The van der Waals surface area contributed by atoms with Gasteiger partial charge in [-0.3, -0.25) is 0 Å². The number of aliphatic hydroxyl groups excluding tert-OH is 1. The van der Waals surface area contributed by atoms with Crippen LogP contribution in [0.15, 0.2) is 24.3 Å². The van der Waals surface area contributed by atoms with Gasteiger partial charge in [0, 0.05) is 19.5 Å². The highest BCUT2D eigenvalue weighted by Crippen LogP contribution is 2.16. The van der Waals surface area contributed by atoms with Crippen LogP contribution < -0.4 is 5.32 Å². The van der Waals surface area contributed by atoms with E-state index in [-0.39, 0.29) is 0 Å². The topological polar surface area (TPSA) is 50.1 Å². The summed E-state index contributed by atoms with van der Waals surface area (Å²) in [4.78, 5) is 4.64. The van der Waals surface area contributed by atoms with E-state index < -0.39 is 6.10 Å². The van der Waals surface area contributed by atoms with Crippen molar-refractivity contribution in [2.75, 3.05) is 13.1 Å². The van der Waals surface area contributed by atoms with E-state index in [1.807, 2.05) is 18.2 Å². The number of aryl methyl sites for hydroxylation is 1. The van der Waals surface area contributed by atoms with E-state index in [0.717, 1.165) is 29.9 Å². The zero-order chi connectivity index (χ0) is 14.5. The molecule has 0 aliphatic rings. The molecule has 20 heavy (non-hydrogen) atoms. The van der Waals surface area contributed by atoms with Crippen LogP contribution in [0.1, 0.15) is 26.6 Å². The van der Waals surface area contributed by atoms with Crippen molar-refractivity contribution in [2.24, 2.45) is 5.92 Å². The minimum atomic E-state index is -0.393. The van der Waals surface area contributed by atoms with Crippen molar-refractivity contribution in [2.45, 2.75) is 39.8 Å². The summed E-state index contributed by atoms with van der Waals surface area (Å²) in [7, 11) is 0. The summed E-state index contributed by atoms with van der Waals surface area (Å²) in [6.07, 6.45) is 0.198. The molecule has 0 radical (unpaired) electrons. The fourth-order valence-electron chi connectivity index (χ4n) is 2.46. The van der Waals surface area contributed by atoms with Crippen molar-refractivity contribution in [3.8, 4) is 0 Å². The first-order chi connectivity index (χ1) is 9.61. The van der Waals surface area contributed by atoms with Crippen LogP contribution in [-0.2, 0) is 13.0 Å². The molecule has 0 spiro atoms.